The largest absolute Gasteiger partial charge is 0.490 e. The number of ether oxygens (including phenoxy) is 2. The first-order valence-corrected chi connectivity index (χ1v) is 11.0. The van der Waals surface area contributed by atoms with E-state index in [1.165, 1.54) is 31.7 Å². The molecule has 0 saturated heterocycles. The zero-order valence-electron chi connectivity index (χ0n) is 17.2. The maximum absolute atomic E-state index is 14.0. The summed E-state index contributed by atoms with van der Waals surface area (Å²) in [6.07, 6.45) is 6.22. The van der Waals surface area contributed by atoms with E-state index in [0.29, 0.717) is 40.3 Å². The van der Waals surface area contributed by atoms with E-state index in [-0.39, 0.29) is 6.61 Å². The molecule has 0 amide bonds. The zero-order chi connectivity index (χ0) is 21.1. The molecule has 2 rings (SSSR count). The van der Waals surface area contributed by atoms with E-state index < -0.39 is 5.82 Å². The first-order chi connectivity index (χ1) is 14.1. The van der Waals surface area contributed by atoms with E-state index >= 15 is 0 Å². The first-order valence-electron chi connectivity index (χ1n) is 10.3. The van der Waals surface area contributed by atoms with E-state index in [4.69, 9.17) is 32.7 Å². The SMILES string of the molecule is CCCCCCCNCc1cc(OCC)c(OCc2c(F)cccc2Cl)cc1Cl. The lowest BCUT2D eigenvalue weighted by atomic mass is 10.1. The summed E-state index contributed by atoms with van der Waals surface area (Å²) < 4.78 is 25.5. The minimum absolute atomic E-state index is 0.00271. The summed E-state index contributed by atoms with van der Waals surface area (Å²) >= 11 is 12.5. The molecule has 0 atom stereocenters. The highest BCUT2D eigenvalue weighted by molar-refractivity contribution is 6.31. The van der Waals surface area contributed by atoms with Gasteiger partial charge in [-0.15, -0.1) is 0 Å². The Hall–Kier alpha value is -1.49. The standard InChI is InChI=1S/C23H30Cl2FNO2/c1-3-5-6-7-8-12-27-15-17-13-22(28-4-2)23(14-20(17)25)29-16-18-19(24)10-9-11-21(18)26/h9-11,13-14,27H,3-8,12,15-16H2,1-2H3. The van der Waals surface area contributed by atoms with Crippen molar-refractivity contribution in [1.82, 2.24) is 5.32 Å². The fourth-order valence-corrected chi connectivity index (χ4v) is 3.43. The second kappa shape index (κ2) is 12.9. The van der Waals surface area contributed by atoms with E-state index in [1.54, 1.807) is 18.2 Å². The number of hydrogen-bond donors (Lipinski definition) is 1. The molecule has 0 heterocycles. The molecule has 29 heavy (non-hydrogen) atoms. The molecule has 3 nitrogen and oxygen atoms in total. The van der Waals surface area contributed by atoms with Crippen molar-refractivity contribution >= 4 is 23.2 Å². The van der Waals surface area contributed by atoms with E-state index in [9.17, 15) is 4.39 Å². The average Bonchev–Trinajstić information content (AvgIpc) is 2.69. The monoisotopic (exact) mass is 441 g/mol. The zero-order valence-corrected chi connectivity index (χ0v) is 18.7. The fraction of sp³-hybridized carbons (Fsp3) is 0.478. The molecule has 0 aliphatic carbocycles. The predicted octanol–water partition coefficient (Wildman–Crippen LogP) is 7.17. The van der Waals surface area contributed by atoms with Crippen LogP contribution in [-0.4, -0.2) is 13.2 Å². The Morgan fingerprint density at radius 3 is 2.41 bits per heavy atom. The summed E-state index contributed by atoms with van der Waals surface area (Å²) in [5.41, 5.74) is 1.25. The van der Waals surface area contributed by atoms with Crippen molar-refractivity contribution in [2.75, 3.05) is 13.2 Å². The summed E-state index contributed by atoms with van der Waals surface area (Å²) in [4.78, 5) is 0. The molecular formula is C23H30Cl2FNO2. The highest BCUT2D eigenvalue weighted by Crippen LogP contribution is 2.35. The number of rotatable bonds is 13. The van der Waals surface area contributed by atoms with Gasteiger partial charge in [-0.3, -0.25) is 0 Å². The maximum Gasteiger partial charge on any atom is 0.163 e. The van der Waals surface area contributed by atoms with Crippen LogP contribution in [0, 0.1) is 5.82 Å². The van der Waals surface area contributed by atoms with E-state index in [1.807, 2.05) is 13.0 Å². The lowest BCUT2D eigenvalue weighted by molar-refractivity contribution is 0.265. The van der Waals surface area contributed by atoms with Crippen molar-refractivity contribution in [3.63, 3.8) is 0 Å². The summed E-state index contributed by atoms with van der Waals surface area (Å²) in [6, 6.07) is 8.16. The maximum atomic E-state index is 14.0. The van der Waals surface area contributed by atoms with Gasteiger partial charge in [0.1, 0.15) is 12.4 Å². The van der Waals surface area contributed by atoms with Crippen LogP contribution in [-0.2, 0) is 13.2 Å². The van der Waals surface area contributed by atoms with Crippen LogP contribution in [0.5, 0.6) is 11.5 Å². The van der Waals surface area contributed by atoms with Crippen molar-refractivity contribution in [3.05, 3.63) is 57.3 Å². The van der Waals surface area contributed by atoms with Crippen LogP contribution < -0.4 is 14.8 Å². The fourth-order valence-electron chi connectivity index (χ4n) is 2.99. The van der Waals surface area contributed by atoms with Gasteiger partial charge in [0.2, 0.25) is 0 Å². The van der Waals surface area contributed by atoms with Gasteiger partial charge < -0.3 is 14.8 Å². The van der Waals surface area contributed by atoms with Crippen molar-refractivity contribution in [1.29, 1.82) is 0 Å². The molecule has 1 N–H and O–H groups in total. The van der Waals surface area contributed by atoms with E-state index in [2.05, 4.69) is 12.2 Å². The number of nitrogens with one attached hydrogen (secondary N) is 1. The minimum Gasteiger partial charge on any atom is -0.490 e. The highest BCUT2D eigenvalue weighted by atomic mass is 35.5. The lowest BCUT2D eigenvalue weighted by Crippen LogP contribution is -2.15. The van der Waals surface area contributed by atoms with Gasteiger partial charge in [-0.25, -0.2) is 4.39 Å². The van der Waals surface area contributed by atoms with Crippen molar-refractivity contribution < 1.29 is 13.9 Å². The molecule has 0 bridgehead atoms. The third-order valence-corrected chi connectivity index (χ3v) is 5.32. The number of halogens is 3. The lowest BCUT2D eigenvalue weighted by Gasteiger charge is -2.16. The molecule has 0 aliphatic rings. The first kappa shape index (κ1) is 23.8. The quantitative estimate of drug-likeness (QED) is 0.334. The molecule has 160 valence electrons. The number of unbranched alkanes of at least 4 members (excludes halogenated alkanes) is 4. The third kappa shape index (κ3) is 7.69. The molecule has 0 spiro atoms. The van der Waals surface area contributed by atoms with Crippen LogP contribution in [0.2, 0.25) is 10.0 Å². The van der Waals surface area contributed by atoms with Crippen LogP contribution >= 0.6 is 23.2 Å². The highest BCUT2D eigenvalue weighted by Gasteiger charge is 2.14. The summed E-state index contributed by atoms with van der Waals surface area (Å²) in [7, 11) is 0. The van der Waals surface area contributed by atoms with Crippen LogP contribution in [0.3, 0.4) is 0 Å². The van der Waals surface area contributed by atoms with Crippen LogP contribution in [0.15, 0.2) is 30.3 Å². The predicted molar refractivity (Wildman–Crippen MR) is 119 cm³/mol. The van der Waals surface area contributed by atoms with E-state index in [0.717, 1.165) is 18.5 Å². The van der Waals surface area contributed by atoms with Gasteiger partial charge in [0.25, 0.3) is 0 Å². The van der Waals surface area contributed by atoms with Gasteiger partial charge in [0.15, 0.2) is 11.5 Å². The van der Waals surface area contributed by atoms with Gasteiger partial charge in [-0.05, 0) is 43.7 Å². The third-order valence-electron chi connectivity index (χ3n) is 4.62. The van der Waals surface area contributed by atoms with Crippen molar-refractivity contribution in [2.24, 2.45) is 0 Å². The molecular weight excluding hydrogens is 412 g/mol. The van der Waals surface area contributed by atoms with Gasteiger partial charge >= 0.3 is 0 Å². The Balaban J connectivity index is 1.99. The second-order valence-electron chi connectivity index (χ2n) is 6.90. The Bertz CT molecular complexity index is 751. The average molecular weight is 442 g/mol. The van der Waals surface area contributed by atoms with Crippen molar-refractivity contribution in [3.8, 4) is 11.5 Å². The molecule has 0 fully saturated rings. The normalized spacial score (nSPS) is 10.9. The summed E-state index contributed by atoms with van der Waals surface area (Å²) in [5, 5.41) is 4.35. The topological polar surface area (TPSA) is 30.5 Å². The smallest absolute Gasteiger partial charge is 0.163 e. The molecule has 2 aromatic carbocycles. The second-order valence-corrected chi connectivity index (χ2v) is 7.72. The molecule has 0 aromatic heterocycles. The van der Waals surface area contributed by atoms with Crippen LogP contribution in [0.1, 0.15) is 57.1 Å². The molecule has 2 aromatic rings. The number of benzene rings is 2. The Morgan fingerprint density at radius 2 is 1.69 bits per heavy atom. The molecule has 0 aliphatic heterocycles. The summed E-state index contributed by atoms with van der Waals surface area (Å²) in [6.45, 7) is 6.22. The van der Waals surface area contributed by atoms with Gasteiger partial charge in [0.05, 0.1) is 11.6 Å². The summed E-state index contributed by atoms with van der Waals surface area (Å²) in [5.74, 6) is 0.657. The van der Waals surface area contributed by atoms with Crippen LogP contribution in [0.25, 0.3) is 0 Å². The Kier molecular flexibility index (Phi) is 10.6. The minimum atomic E-state index is -0.402. The Labute approximate surface area is 183 Å². The molecule has 6 heteroatoms. The van der Waals surface area contributed by atoms with Gasteiger partial charge in [-0.2, -0.15) is 0 Å². The van der Waals surface area contributed by atoms with Crippen LogP contribution in [0.4, 0.5) is 4.39 Å². The van der Waals surface area contributed by atoms with Gasteiger partial charge in [-0.1, -0.05) is 61.9 Å². The van der Waals surface area contributed by atoms with Gasteiger partial charge in [0, 0.05) is 23.2 Å². The molecule has 0 unspecified atom stereocenters. The number of hydrogen-bond acceptors (Lipinski definition) is 3. The Morgan fingerprint density at radius 1 is 0.931 bits per heavy atom. The molecule has 0 saturated carbocycles. The van der Waals surface area contributed by atoms with Crippen molar-refractivity contribution in [2.45, 2.75) is 59.1 Å². The molecule has 0 radical (unpaired) electrons.